The van der Waals surface area contributed by atoms with Crippen LogP contribution in [0.1, 0.15) is 49.8 Å². The van der Waals surface area contributed by atoms with Crippen LogP contribution < -0.4 is 0 Å². The van der Waals surface area contributed by atoms with Crippen molar-refractivity contribution in [2.75, 3.05) is 0 Å². The molecule has 0 aliphatic rings. The second-order valence-electron chi connectivity index (χ2n) is 5.17. The molecule has 5 nitrogen and oxygen atoms in total. The first-order chi connectivity index (χ1) is 8.90. The Labute approximate surface area is 112 Å². The normalized spacial score (nSPS) is 11.5. The molecule has 0 fully saturated rings. The van der Waals surface area contributed by atoms with Gasteiger partial charge in [-0.3, -0.25) is 0 Å². The van der Waals surface area contributed by atoms with Gasteiger partial charge in [0.2, 0.25) is 0 Å². The molecule has 19 heavy (non-hydrogen) atoms. The number of esters is 1. The Bertz CT molecular complexity index is 614. The van der Waals surface area contributed by atoms with Crippen LogP contribution in [0.4, 0.5) is 0 Å². The molecule has 102 valence electrons. The molecule has 0 amide bonds. The molecule has 0 saturated carbocycles. The summed E-state index contributed by atoms with van der Waals surface area (Å²) in [5, 5.41) is 5.16. The molecule has 0 aliphatic heterocycles. The van der Waals surface area contributed by atoms with E-state index in [1.165, 1.54) is 0 Å². The van der Waals surface area contributed by atoms with Gasteiger partial charge in [0, 0.05) is 11.4 Å². The second kappa shape index (κ2) is 4.99. The Hall–Kier alpha value is -1.91. The summed E-state index contributed by atoms with van der Waals surface area (Å²) in [6, 6.07) is 2.03. The van der Waals surface area contributed by atoms with E-state index in [1.54, 1.807) is 12.3 Å². The van der Waals surface area contributed by atoms with Crippen LogP contribution in [-0.4, -0.2) is 26.8 Å². The fourth-order valence-electron chi connectivity index (χ4n) is 1.93. The van der Waals surface area contributed by atoms with Crippen molar-refractivity contribution in [2.24, 2.45) is 0 Å². The van der Waals surface area contributed by atoms with Crippen LogP contribution in [0, 0.1) is 6.92 Å². The summed E-state index contributed by atoms with van der Waals surface area (Å²) >= 11 is 0. The predicted octanol–water partition coefficient (Wildman–Crippen LogP) is 2.89. The molecular formula is C14H19N3O2. The molecule has 0 aliphatic carbocycles. The van der Waals surface area contributed by atoms with Gasteiger partial charge < -0.3 is 4.74 Å². The number of rotatable bonds is 3. The quantitative estimate of drug-likeness (QED) is 0.797. The first kappa shape index (κ1) is 13.5. The first-order valence-electron chi connectivity index (χ1n) is 6.46. The molecule has 5 heteroatoms. The van der Waals surface area contributed by atoms with E-state index in [4.69, 9.17) is 4.74 Å². The zero-order valence-electron chi connectivity index (χ0n) is 12.0. The van der Waals surface area contributed by atoms with E-state index in [9.17, 15) is 4.79 Å². The zero-order chi connectivity index (χ0) is 14.2. The van der Waals surface area contributed by atoms with Crippen LogP contribution >= 0.6 is 0 Å². The molecule has 2 aromatic rings. The van der Waals surface area contributed by atoms with Gasteiger partial charge in [-0.2, -0.15) is 5.10 Å². The fourth-order valence-corrected chi connectivity index (χ4v) is 1.93. The van der Waals surface area contributed by atoms with Crippen molar-refractivity contribution in [2.45, 2.75) is 46.8 Å². The highest BCUT2D eigenvalue weighted by Crippen LogP contribution is 2.20. The van der Waals surface area contributed by atoms with Gasteiger partial charge in [0.25, 0.3) is 0 Å². The number of aromatic nitrogens is 3. The smallest absolute Gasteiger partial charge is 0.340 e. The number of nitrogens with zero attached hydrogens (tertiary/aromatic N) is 3. The minimum atomic E-state index is -0.334. The molecule has 2 heterocycles. The average molecular weight is 261 g/mol. The third-order valence-electron chi connectivity index (χ3n) is 2.81. The number of aryl methyl sites for hydroxylation is 1. The molecule has 2 rings (SSSR count). The fraction of sp³-hybridized carbons (Fsp3) is 0.500. The van der Waals surface area contributed by atoms with Gasteiger partial charge in [-0.25, -0.2) is 14.5 Å². The summed E-state index contributed by atoms with van der Waals surface area (Å²) in [4.78, 5) is 16.5. The SMILES string of the molecule is Cc1nc2c(cnn2C(C)C)cc1C(=O)OC(C)C. The van der Waals surface area contributed by atoms with E-state index in [0.29, 0.717) is 11.3 Å². The summed E-state index contributed by atoms with van der Waals surface area (Å²) < 4.78 is 7.06. The van der Waals surface area contributed by atoms with Gasteiger partial charge in [0.05, 0.1) is 23.6 Å². The lowest BCUT2D eigenvalue weighted by Gasteiger charge is -2.11. The Morgan fingerprint density at radius 1 is 1.32 bits per heavy atom. The standard InChI is InChI=1S/C14H19N3O2/c1-8(2)17-13-11(7-15-17)6-12(10(5)16-13)14(18)19-9(3)4/h6-9H,1-5H3. The van der Waals surface area contributed by atoms with Crippen molar-refractivity contribution in [3.05, 3.63) is 23.5 Å². The minimum absolute atomic E-state index is 0.138. The van der Waals surface area contributed by atoms with Crippen molar-refractivity contribution in [1.82, 2.24) is 14.8 Å². The van der Waals surface area contributed by atoms with Crippen molar-refractivity contribution in [1.29, 1.82) is 0 Å². The molecule has 0 N–H and O–H groups in total. The lowest BCUT2D eigenvalue weighted by molar-refractivity contribution is 0.0376. The van der Waals surface area contributed by atoms with E-state index in [0.717, 1.165) is 11.0 Å². The maximum absolute atomic E-state index is 12.0. The molecule has 0 saturated heterocycles. The van der Waals surface area contributed by atoms with E-state index in [-0.39, 0.29) is 18.1 Å². The topological polar surface area (TPSA) is 57.0 Å². The Balaban J connectivity index is 2.49. The molecule has 2 aromatic heterocycles. The van der Waals surface area contributed by atoms with Gasteiger partial charge in [-0.05, 0) is 40.7 Å². The summed E-state index contributed by atoms with van der Waals surface area (Å²) in [5.74, 6) is -0.334. The number of ether oxygens (including phenoxy) is 1. The maximum Gasteiger partial charge on any atom is 0.340 e. The number of carbonyl (C=O) groups excluding carboxylic acids is 1. The molecule has 0 bridgehead atoms. The Kier molecular flexibility index (Phi) is 3.55. The average Bonchev–Trinajstić information content (AvgIpc) is 2.69. The first-order valence-corrected chi connectivity index (χ1v) is 6.46. The monoisotopic (exact) mass is 261 g/mol. The van der Waals surface area contributed by atoms with Gasteiger partial charge in [-0.1, -0.05) is 0 Å². The van der Waals surface area contributed by atoms with Crippen molar-refractivity contribution >= 4 is 17.0 Å². The zero-order valence-corrected chi connectivity index (χ0v) is 12.0. The Morgan fingerprint density at radius 2 is 2.00 bits per heavy atom. The second-order valence-corrected chi connectivity index (χ2v) is 5.17. The van der Waals surface area contributed by atoms with E-state index in [2.05, 4.69) is 10.1 Å². The van der Waals surface area contributed by atoms with Crippen LogP contribution in [0.3, 0.4) is 0 Å². The highest BCUT2D eigenvalue weighted by Gasteiger charge is 2.17. The van der Waals surface area contributed by atoms with Crippen molar-refractivity contribution in [3.8, 4) is 0 Å². The molecule has 0 unspecified atom stereocenters. The number of fused-ring (bicyclic) bond motifs is 1. The summed E-state index contributed by atoms with van der Waals surface area (Å²) in [6.45, 7) is 9.56. The maximum atomic E-state index is 12.0. The predicted molar refractivity (Wildman–Crippen MR) is 73.2 cm³/mol. The molecule has 0 radical (unpaired) electrons. The van der Waals surface area contributed by atoms with Gasteiger partial charge >= 0.3 is 5.97 Å². The highest BCUT2D eigenvalue weighted by atomic mass is 16.5. The molecule has 0 spiro atoms. The van der Waals surface area contributed by atoms with E-state index < -0.39 is 0 Å². The summed E-state index contributed by atoms with van der Waals surface area (Å²) in [5.41, 5.74) is 1.97. The highest BCUT2D eigenvalue weighted by molar-refractivity contribution is 5.94. The summed E-state index contributed by atoms with van der Waals surface area (Å²) in [6.07, 6.45) is 1.59. The van der Waals surface area contributed by atoms with Crippen LogP contribution in [-0.2, 0) is 4.74 Å². The van der Waals surface area contributed by atoms with Crippen molar-refractivity contribution < 1.29 is 9.53 Å². The lowest BCUT2D eigenvalue weighted by Crippen LogP contribution is -2.14. The van der Waals surface area contributed by atoms with Crippen LogP contribution in [0.5, 0.6) is 0 Å². The molecule has 0 aromatic carbocycles. The van der Waals surface area contributed by atoms with Gasteiger partial charge in [0.15, 0.2) is 5.65 Å². The van der Waals surface area contributed by atoms with Crippen LogP contribution in [0.25, 0.3) is 11.0 Å². The third kappa shape index (κ3) is 2.59. The van der Waals surface area contributed by atoms with Gasteiger partial charge in [0.1, 0.15) is 0 Å². The number of pyridine rings is 1. The third-order valence-corrected chi connectivity index (χ3v) is 2.81. The number of carbonyl (C=O) groups is 1. The van der Waals surface area contributed by atoms with Crippen molar-refractivity contribution in [3.63, 3.8) is 0 Å². The van der Waals surface area contributed by atoms with Crippen LogP contribution in [0.15, 0.2) is 12.3 Å². The minimum Gasteiger partial charge on any atom is -0.459 e. The lowest BCUT2D eigenvalue weighted by atomic mass is 10.1. The molecule has 0 atom stereocenters. The van der Waals surface area contributed by atoms with Crippen LogP contribution in [0.2, 0.25) is 0 Å². The van der Waals surface area contributed by atoms with Gasteiger partial charge in [-0.15, -0.1) is 0 Å². The van der Waals surface area contributed by atoms with E-state index in [1.807, 2.05) is 39.3 Å². The Morgan fingerprint density at radius 3 is 2.58 bits per heavy atom. The van der Waals surface area contributed by atoms with E-state index >= 15 is 0 Å². The summed E-state index contributed by atoms with van der Waals surface area (Å²) in [7, 11) is 0. The number of hydrogen-bond acceptors (Lipinski definition) is 4. The molecular weight excluding hydrogens is 242 g/mol. The number of hydrogen-bond donors (Lipinski definition) is 0. The largest absolute Gasteiger partial charge is 0.459 e.